The number of hydrogen-bond donors (Lipinski definition) is 1. The standard InChI is InChI=1S/C17H20BrNS/c1-3-19-17(12-4-5-12)16-9-8-15(20-16)13-6-7-14(18)11(2)10-13/h6-10,12,17,19H,3-5H2,1-2H3. The third-order valence-electron chi connectivity index (χ3n) is 3.89. The highest BCUT2D eigenvalue weighted by Gasteiger charge is 2.32. The van der Waals surface area contributed by atoms with Gasteiger partial charge in [-0.05, 0) is 67.6 Å². The highest BCUT2D eigenvalue weighted by molar-refractivity contribution is 9.10. The molecule has 1 saturated carbocycles. The van der Waals surface area contributed by atoms with Gasteiger partial charge in [0.2, 0.25) is 0 Å². The van der Waals surface area contributed by atoms with Crippen LogP contribution in [-0.4, -0.2) is 6.54 Å². The van der Waals surface area contributed by atoms with E-state index in [4.69, 9.17) is 0 Å². The second-order valence-corrected chi connectivity index (χ2v) is 7.51. The third kappa shape index (κ3) is 3.00. The Bertz CT molecular complexity index is 601. The second kappa shape index (κ2) is 6.00. The van der Waals surface area contributed by atoms with Crippen molar-refractivity contribution in [2.75, 3.05) is 6.54 Å². The summed E-state index contributed by atoms with van der Waals surface area (Å²) in [6, 6.07) is 11.8. The smallest absolute Gasteiger partial charge is 0.0443 e. The monoisotopic (exact) mass is 349 g/mol. The zero-order valence-corrected chi connectivity index (χ0v) is 14.4. The lowest BCUT2D eigenvalue weighted by Crippen LogP contribution is -2.21. The summed E-state index contributed by atoms with van der Waals surface area (Å²) in [6.07, 6.45) is 2.75. The Morgan fingerprint density at radius 2 is 2.10 bits per heavy atom. The molecule has 20 heavy (non-hydrogen) atoms. The van der Waals surface area contributed by atoms with Crippen molar-refractivity contribution in [2.24, 2.45) is 5.92 Å². The first-order valence-electron chi connectivity index (χ1n) is 7.28. The quantitative estimate of drug-likeness (QED) is 0.746. The molecule has 1 fully saturated rings. The molecule has 0 spiro atoms. The van der Waals surface area contributed by atoms with Gasteiger partial charge < -0.3 is 5.32 Å². The molecule has 1 atom stereocenters. The lowest BCUT2D eigenvalue weighted by atomic mass is 10.1. The van der Waals surface area contributed by atoms with Crippen LogP contribution in [-0.2, 0) is 0 Å². The van der Waals surface area contributed by atoms with Gasteiger partial charge in [0, 0.05) is 20.3 Å². The van der Waals surface area contributed by atoms with Crippen LogP contribution in [0.25, 0.3) is 10.4 Å². The number of halogens is 1. The van der Waals surface area contributed by atoms with E-state index in [9.17, 15) is 0 Å². The van der Waals surface area contributed by atoms with Crippen LogP contribution >= 0.6 is 27.3 Å². The number of rotatable bonds is 5. The molecule has 1 aromatic heterocycles. The van der Waals surface area contributed by atoms with Crippen LogP contribution in [0.15, 0.2) is 34.8 Å². The molecule has 1 aliphatic carbocycles. The van der Waals surface area contributed by atoms with Crippen LogP contribution in [0.1, 0.15) is 36.2 Å². The van der Waals surface area contributed by atoms with E-state index in [1.807, 2.05) is 11.3 Å². The predicted octanol–water partition coefficient (Wildman–Crippen LogP) is 5.55. The molecule has 106 valence electrons. The molecule has 1 nitrogen and oxygen atoms in total. The number of nitrogens with one attached hydrogen (secondary N) is 1. The molecule has 3 rings (SSSR count). The van der Waals surface area contributed by atoms with E-state index in [0.717, 1.165) is 12.5 Å². The van der Waals surface area contributed by atoms with Crippen LogP contribution in [0.3, 0.4) is 0 Å². The van der Waals surface area contributed by atoms with Crippen molar-refractivity contribution < 1.29 is 0 Å². The maximum atomic E-state index is 3.65. The fraction of sp³-hybridized carbons (Fsp3) is 0.412. The summed E-state index contributed by atoms with van der Waals surface area (Å²) in [7, 11) is 0. The molecule has 3 heteroatoms. The third-order valence-corrected chi connectivity index (χ3v) is 6.00. The van der Waals surface area contributed by atoms with Crippen LogP contribution in [0.5, 0.6) is 0 Å². The normalized spacial score (nSPS) is 16.4. The molecule has 0 radical (unpaired) electrons. The molecule has 2 aromatic rings. The average Bonchev–Trinajstić information content (AvgIpc) is 3.16. The molecular formula is C17H20BrNS. The fourth-order valence-corrected chi connectivity index (χ4v) is 4.04. The van der Waals surface area contributed by atoms with E-state index >= 15 is 0 Å². The van der Waals surface area contributed by atoms with Crippen molar-refractivity contribution in [3.8, 4) is 10.4 Å². The first-order valence-corrected chi connectivity index (χ1v) is 8.89. The highest BCUT2D eigenvalue weighted by atomic mass is 79.9. The van der Waals surface area contributed by atoms with Crippen molar-refractivity contribution >= 4 is 27.3 Å². The number of aryl methyl sites for hydroxylation is 1. The summed E-state index contributed by atoms with van der Waals surface area (Å²) < 4.78 is 1.18. The summed E-state index contributed by atoms with van der Waals surface area (Å²) in [6.45, 7) is 5.39. The van der Waals surface area contributed by atoms with Gasteiger partial charge >= 0.3 is 0 Å². The summed E-state index contributed by atoms with van der Waals surface area (Å²) >= 11 is 5.51. The maximum absolute atomic E-state index is 3.65. The molecular weight excluding hydrogens is 330 g/mol. The zero-order chi connectivity index (χ0) is 14.1. The van der Waals surface area contributed by atoms with E-state index in [2.05, 4.69) is 65.4 Å². The van der Waals surface area contributed by atoms with E-state index in [0.29, 0.717) is 6.04 Å². The van der Waals surface area contributed by atoms with Gasteiger partial charge in [-0.1, -0.05) is 28.9 Å². The lowest BCUT2D eigenvalue weighted by molar-refractivity contribution is 0.504. The summed E-state index contributed by atoms with van der Waals surface area (Å²) in [5.41, 5.74) is 2.62. The molecule has 1 heterocycles. The Morgan fingerprint density at radius 3 is 2.75 bits per heavy atom. The summed E-state index contributed by atoms with van der Waals surface area (Å²) in [5.74, 6) is 0.855. The summed E-state index contributed by atoms with van der Waals surface area (Å²) in [5, 5.41) is 3.65. The zero-order valence-electron chi connectivity index (χ0n) is 11.9. The first-order chi connectivity index (χ1) is 9.69. The molecule has 1 unspecified atom stereocenters. The SMILES string of the molecule is CCNC(c1ccc(-c2ccc(Br)c(C)c2)s1)C1CC1. The van der Waals surface area contributed by atoms with E-state index < -0.39 is 0 Å². The molecule has 1 N–H and O–H groups in total. The Morgan fingerprint density at radius 1 is 1.30 bits per heavy atom. The Kier molecular flexibility index (Phi) is 4.29. The van der Waals surface area contributed by atoms with Crippen molar-refractivity contribution in [3.05, 3.63) is 45.2 Å². The molecule has 1 aliphatic rings. The largest absolute Gasteiger partial charge is 0.309 e. The fourth-order valence-electron chi connectivity index (χ4n) is 2.62. The van der Waals surface area contributed by atoms with Crippen LogP contribution in [0.2, 0.25) is 0 Å². The molecule has 0 amide bonds. The van der Waals surface area contributed by atoms with Gasteiger partial charge in [0.15, 0.2) is 0 Å². The minimum absolute atomic E-state index is 0.565. The van der Waals surface area contributed by atoms with Crippen molar-refractivity contribution in [1.29, 1.82) is 0 Å². The summed E-state index contributed by atoms with van der Waals surface area (Å²) in [4.78, 5) is 2.86. The van der Waals surface area contributed by atoms with Crippen LogP contribution in [0, 0.1) is 12.8 Å². The van der Waals surface area contributed by atoms with Crippen LogP contribution in [0.4, 0.5) is 0 Å². The highest BCUT2D eigenvalue weighted by Crippen LogP contribution is 2.44. The van der Waals surface area contributed by atoms with Crippen molar-refractivity contribution in [2.45, 2.75) is 32.7 Å². The van der Waals surface area contributed by atoms with Gasteiger partial charge in [0.25, 0.3) is 0 Å². The lowest BCUT2D eigenvalue weighted by Gasteiger charge is -2.15. The number of hydrogen-bond acceptors (Lipinski definition) is 2. The maximum Gasteiger partial charge on any atom is 0.0443 e. The molecule has 0 bridgehead atoms. The second-order valence-electron chi connectivity index (χ2n) is 5.54. The van der Waals surface area contributed by atoms with Gasteiger partial charge in [-0.2, -0.15) is 0 Å². The Hall–Kier alpha value is -0.640. The number of benzene rings is 1. The molecule has 1 aromatic carbocycles. The predicted molar refractivity (Wildman–Crippen MR) is 91.3 cm³/mol. The van der Waals surface area contributed by atoms with Crippen molar-refractivity contribution in [3.63, 3.8) is 0 Å². The van der Waals surface area contributed by atoms with Crippen LogP contribution < -0.4 is 5.32 Å². The molecule has 0 saturated heterocycles. The van der Waals surface area contributed by atoms with E-state index in [1.54, 1.807) is 0 Å². The van der Waals surface area contributed by atoms with E-state index in [-0.39, 0.29) is 0 Å². The van der Waals surface area contributed by atoms with Gasteiger partial charge in [-0.3, -0.25) is 0 Å². The van der Waals surface area contributed by atoms with Crippen molar-refractivity contribution in [1.82, 2.24) is 5.32 Å². The Balaban J connectivity index is 1.86. The average molecular weight is 350 g/mol. The number of thiophene rings is 1. The first kappa shape index (κ1) is 14.3. The molecule has 0 aliphatic heterocycles. The Labute approximate surface area is 133 Å². The van der Waals surface area contributed by atoms with Gasteiger partial charge in [-0.15, -0.1) is 11.3 Å². The van der Waals surface area contributed by atoms with Gasteiger partial charge in [0.05, 0.1) is 0 Å². The minimum atomic E-state index is 0.565. The topological polar surface area (TPSA) is 12.0 Å². The van der Waals surface area contributed by atoms with E-state index in [1.165, 1.54) is 38.2 Å². The minimum Gasteiger partial charge on any atom is -0.309 e. The van der Waals surface area contributed by atoms with Gasteiger partial charge in [-0.25, -0.2) is 0 Å². The van der Waals surface area contributed by atoms with Gasteiger partial charge in [0.1, 0.15) is 0 Å².